The zero-order valence-corrected chi connectivity index (χ0v) is 15.3. The van der Waals surface area contributed by atoms with E-state index in [-0.39, 0.29) is 23.8 Å². The average molecular weight is 353 g/mol. The molecule has 1 N–H and O–H groups in total. The summed E-state index contributed by atoms with van der Waals surface area (Å²) >= 11 is 0. The molecular weight excluding hydrogens is 330 g/mol. The minimum absolute atomic E-state index is 0.0410. The first-order valence-electron chi connectivity index (χ1n) is 9.35. The molecule has 1 aromatic carbocycles. The molecule has 5 rings (SSSR count). The molecule has 26 heavy (non-hydrogen) atoms. The largest absolute Gasteiger partial charge is 0.324 e. The van der Waals surface area contributed by atoms with Crippen molar-refractivity contribution in [3.8, 4) is 0 Å². The molecule has 1 aromatic rings. The maximum Gasteiger partial charge on any atom is 0.250 e. The minimum atomic E-state index is -1.05. The highest BCUT2D eigenvalue weighted by Gasteiger charge is 2.75. The second-order valence-electron chi connectivity index (χ2n) is 8.86. The van der Waals surface area contributed by atoms with Crippen molar-refractivity contribution in [1.82, 2.24) is 9.80 Å². The van der Waals surface area contributed by atoms with E-state index in [4.69, 9.17) is 0 Å². The van der Waals surface area contributed by atoms with Gasteiger partial charge < -0.3 is 5.32 Å². The lowest BCUT2D eigenvalue weighted by Gasteiger charge is -2.38. The van der Waals surface area contributed by atoms with Crippen LogP contribution in [0.1, 0.15) is 39.2 Å². The number of para-hydroxylation sites is 1. The van der Waals surface area contributed by atoms with Gasteiger partial charge in [-0.1, -0.05) is 18.2 Å². The van der Waals surface area contributed by atoms with Gasteiger partial charge in [0.15, 0.2) is 0 Å². The Kier molecular flexibility index (Phi) is 2.92. The fraction of sp³-hybridized carbons (Fsp3) is 0.550. The predicted molar refractivity (Wildman–Crippen MR) is 95.1 cm³/mol. The molecule has 4 atom stereocenters. The number of nitrogens with zero attached hydrogens (tertiary/aromatic N) is 2. The molecule has 4 heterocycles. The normalized spacial score (nSPS) is 35.9. The number of anilines is 1. The number of fused-ring (bicyclic) bond motifs is 7. The summed E-state index contributed by atoms with van der Waals surface area (Å²) in [4.78, 5) is 43.7. The molecule has 0 aliphatic carbocycles. The van der Waals surface area contributed by atoms with Crippen LogP contribution in [0.15, 0.2) is 24.3 Å². The van der Waals surface area contributed by atoms with Crippen LogP contribution >= 0.6 is 0 Å². The minimum Gasteiger partial charge on any atom is -0.324 e. The molecule has 6 heteroatoms. The lowest BCUT2D eigenvalue weighted by atomic mass is 9.75. The second kappa shape index (κ2) is 4.74. The van der Waals surface area contributed by atoms with E-state index >= 15 is 0 Å². The smallest absolute Gasteiger partial charge is 0.250 e. The quantitative estimate of drug-likeness (QED) is 0.721. The summed E-state index contributed by atoms with van der Waals surface area (Å²) in [7, 11) is 0. The Morgan fingerprint density at radius 3 is 2.58 bits per heavy atom. The van der Waals surface area contributed by atoms with Gasteiger partial charge in [0.25, 0.3) is 0 Å². The number of hydrogen-bond donors (Lipinski definition) is 1. The molecule has 1 spiro atoms. The number of imide groups is 1. The van der Waals surface area contributed by atoms with Gasteiger partial charge in [-0.2, -0.15) is 0 Å². The summed E-state index contributed by atoms with van der Waals surface area (Å²) in [6.07, 6.45) is 1.80. The van der Waals surface area contributed by atoms with E-state index in [1.807, 2.05) is 45.0 Å². The maximum atomic E-state index is 13.5. The summed E-state index contributed by atoms with van der Waals surface area (Å²) in [6, 6.07) is 7.56. The first-order chi connectivity index (χ1) is 12.3. The van der Waals surface area contributed by atoms with Gasteiger partial charge in [-0.25, -0.2) is 0 Å². The van der Waals surface area contributed by atoms with Gasteiger partial charge in [-0.15, -0.1) is 0 Å². The standard InChI is InChI=1S/C20H23N3O3/c1-19(2,3)23-16(24)14-13-9-6-10-22(13)20(15(14)17(23)25)11-7-4-5-8-12(11)21-18(20)26/h4-5,7-8,13-15H,6,9-10H2,1-3H3,(H,21,26)/t13-,14+,15-,20+/m0/s1. The molecular formula is C20H23N3O3. The first kappa shape index (κ1) is 16.0. The lowest BCUT2D eigenvalue weighted by Crippen LogP contribution is -2.56. The molecule has 3 fully saturated rings. The molecule has 3 saturated heterocycles. The number of rotatable bonds is 0. The van der Waals surface area contributed by atoms with Crippen LogP contribution in [0.2, 0.25) is 0 Å². The van der Waals surface area contributed by atoms with Crippen LogP contribution in [0, 0.1) is 11.8 Å². The Morgan fingerprint density at radius 1 is 1.12 bits per heavy atom. The molecule has 4 aliphatic heterocycles. The van der Waals surface area contributed by atoms with E-state index in [9.17, 15) is 14.4 Å². The van der Waals surface area contributed by atoms with Gasteiger partial charge in [0, 0.05) is 22.8 Å². The van der Waals surface area contributed by atoms with E-state index in [0.29, 0.717) is 0 Å². The van der Waals surface area contributed by atoms with Gasteiger partial charge >= 0.3 is 0 Å². The van der Waals surface area contributed by atoms with Crippen molar-refractivity contribution in [3.05, 3.63) is 29.8 Å². The Morgan fingerprint density at radius 2 is 1.85 bits per heavy atom. The van der Waals surface area contributed by atoms with Crippen molar-refractivity contribution >= 4 is 23.4 Å². The van der Waals surface area contributed by atoms with Crippen molar-refractivity contribution in [3.63, 3.8) is 0 Å². The molecule has 136 valence electrons. The van der Waals surface area contributed by atoms with Gasteiger partial charge in [0.05, 0.1) is 11.8 Å². The van der Waals surface area contributed by atoms with Gasteiger partial charge in [-0.3, -0.25) is 24.2 Å². The first-order valence-corrected chi connectivity index (χ1v) is 9.35. The van der Waals surface area contributed by atoms with Crippen molar-refractivity contribution < 1.29 is 14.4 Å². The zero-order chi connectivity index (χ0) is 18.4. The second-order valence-corrected chi connectivity index (χ2v) is 8.86. The van der Waals surface area contributed by atoms with Crippen LogP contribution in [-0.2, 0) is 19.9 Å². The van der Waals surface area contributed by atoms with Crippen LogP contribution in [0.5, 0.6) is 0 Å². The summed E-state index contributed by atoms with van der Waals surface area (Å²) in [5.74, 6) is -1.54. The molecule has 0 bridgehead atoms. The van der Waals surface area contributed by atoms with Gasteiger partial charge in [0.1, 0.15) is 5.54 Å². The SMILES string of the molecule is CC(C)(C)N1C(=O)[C@H]2[C@@H](C1=O)[C@]1(C(=O)Nc3ccccc31)N1CCC[C@@H]21. The summed E-state index contributed by atoms with van der Waals surface area (Å²) < 4.78 is 0. The highest BCUT2D eigenvalue weighted by molar-refractivity contribution is 6.15. The Balaban J connectivity index is 1.76. The number of hydrogen-bond acceptors (Lipinski definition) is 4. The van der Waals surface area contributed by atoms with Crippen molar-refractivity contribution in [2.45, 2.75) is 50.7 Å². The molecule has 0 radical (unpaired) electrons. The number of nitrogens with one attached hydrogen (secondary N) is 1. The number of carbonyl (C=O) groups is 3. The average Bonchev–Trinajstić information content (AvgIpc) is 3.24. The highest BCUT2D eigenvalue weighted by atomic mass is 16.2. The summed E-state index contributed by atoms with van der Waals surface area (Å²) in [5.41, 5.74) is -0.0213. The van der Waals surface area contributed by atoms with Crippen molar-refractivity contribution in [2.24, 2.45) is 11.8 Å². The van der Waals surface area contributed by atoms with Crippen LogP contribution < -0.4 is 5.32 Å². The number of benzene rings is 1. The van der Waals surface area contributed by atoms with Crippen molar-refractivity contribution in [2.75, 3.05) is 11.9 Å². The topological polar surface area (TPSA) is 69.7 Å². The number of carbonyl (C=O) groups excluding carboxylic acids is 3. The molecule has 0 aromatic heterocycles. The lowest BCUT2D eigenvalue weighted by molar-refractivity contribution is -0.150. The third kappa shape index (κ3) is 1.60. The monoisotopic (exact) mass is 353 g/mol. The van der Waals surface area contributed by atoms with E-state index < -0.39 is 22.9 Å². The number of likely N-dealkylation sites (tertiary alicyclic amines) is 1. The fourth-order valence-electron chi connectivity index (χ4n) is 5.82. The van der Waals surface area contributed by atoms with E-state index in [1.165, 1.54) is 4.90 Å². The van der Waals surface area contributed by atoms with Crippen LogP contribution in [0.4, 0.5) is 5.69 Å². The maximum absolute atomic E-state index is 13.5. The van der Waals surface area contributed by atoms with Gasteiger partial charge in [0.2, 0.25) is 17.7 Å². The van der Waals surface area contributed by atoms with E-state index in [1.54, 1.807) is 0 Å². The Hall–Kier alpha value is -2.21. The van der Waals surface area contributed by atoms with E-state index in [0.717, 1.165) is 30.6 Å². The Bertz CT molecular complexity index is 858. The number of amides is 3. The summed E-state index contributed by atoms with van der Waals surface area (Å²) in [5, 5.41) is 2.98. The molecule has 6 nitrogen and oxygen atoms in total. The van der Waals surface area contributed by atoms with Crippen LogP contribution in [0.3, 0.4) is 0 Å². The molecule has 4 aliphatic rings. The summed E-state index contributed by atoms with van der Waals surface area (Å²) in [6.45, 7) is 6.39. The third-order valence-electron chi connectivity index (χ3n) is 6.57. The zero-order valence-electron chi connectivity index (χ0n) is 15.3. The third-order valence-corrected chi connectivity index (χ3v) is 6.57. The van der Waals surface area contributed by atoms with Crippen LogP contribution in [-0.4, -0.2) is 45.6 Å². The molecule has 3 amide bonds. The van der Waals surface area contributed by atoms with Crippen molar-refractivity contribution in [1.29, 1.82) is 0 Å². The van der Waals surface area contributed by atoms with Gasteiger partial charge in [-0.05, 0) is 46.2 Å². The molecule has 0 saturated carbocycles. The Labute approximate surface area is 152 Å². The highest BCUT2D eigenvalue weighted by Crippen LogP contribution is 2.60. The van der Waals surface area contributed by atoms with E-state index in [2.05, 4.69) is 10.2 Å². The fourth-order valence-corrected chi connectivity index (χ4v) is 5.82. The predicted octanol–water partition coefficient (Wildman–Crippen LogP) is 1.71. The molecule has 0 unspecified atom stereocenters. The van der Waals surface area contributed by atoms with Crippen LogP contribution in [0.25, 0.3) is 0 Å².